The summed E-state index contributed by atoms with van der Waals surface area (Å²) in [6.45, 7) is 5.05. The second-order valence-corrected chi connectivity index (χ2v) is 9.45. The number of hydrogen-bond donors (Lipinski definition) is 2. The maximum Gasteiger partial charge on any atom is 0.342 e. The van der Waals surface area contributed by atoms with Crippen LogP contribution in [0.4, 0.5) is 0 Å². The van der Waals surface area contributed by atoms with Gasteiger partial charge in [0.05, 0.1) is 6.61 Å². The molecule has 0 aliphatic carbocycles. The highest BCUT2D eigenvalue weighted by Crippen LogP contribution is 2.39. The minimum absolute atomic E-state index is 0.107. The molecule has 3 aromatic rings. The van der Waals surface area contributed by atoms with Gasteiger partial charge in [-0.3, -0.25) is 4.79 Å². The highest BCUT2D eigenvalue weighted by Gasteiger charge is 2.27. The number of likely N-dealkylation sites (tertiary alicyclic amines) is 1. The zero-order valence-corrected chi connectivity index (χ0v) is 21.2. The summed E-state index contributed by atoms with van der Waals surface area (Å²) in [5.74, 6) is 0.929. The first-order valence-corrected chi connectivity index (χ1v) is 12.9. The van der Waals surface area contributed by atoms with Crippen LogP contribution in [0.1, 0.15) is 54.9 Å². The van der Waals surface area contributed by atoms with Crippen molar-refractivity contribution in [3.8, 4) is 17.1 Å². The summed E-state index contributed by atoms with van der Waals surface area (Å²) in [4.78, 5) is 27.0. The topological polar surface area (TPSA) is 92.0 Å². The largest absolute Gasteiger partial charge is 0.508 e. The molecule has 2 heterocycles. The smallest absolute Gasteiger partial charge is 0.342 e. The van der Waals surface area contributed by atoms with Gasteiger partial charge in [-0.25, -0.2) is 4.79 Å². The van der Waals surface area contributed by atoms with Crippen molar-refractivity contribution in [1.29, 1.82) is 0 Å². The Labute approximate surface area is 212 Å². The number of carbonyl (C=O) groups is 2. The lowest BCUT2D eigenvalue weighted by atomic mass is 9.98. The molecule has 0 saturated carbocycles. The van der Waals surface area contributed by atoms with Gasteiger partial charge in [0.15, 0.2) is 0 Å². The summed E-state index contributed by atoms with van der Waals surface area (Å²) in [5, 5.41) is 14.1. The zero-order chi connectivity index (χ0) is 25.5. The highest BCUT2D eigenvalue weighted by atomic mass is 16.5. The number of nitrogens with one attached hydrogen (secondary N) is 1. The van der Waals surface area contributed by atoms with Crippen LogP contribution in [0, 0.1) is 5.92 Å². The molecule has 1 saturated heterocycles. The molecule has 0 radical (unpaired) electrons. The van der Waals surface area contributed by atoms with Crippen LogP contribution in [0.5, 0.6) is 5.75 Å². The maximum absolute atomic E-state index is 13.0. The molecule has 0 spiro atoms. The highest BCUT2D eigenvalue weighted by molar-refractivity contribution is 6.10. The van der Waals surface area contributed by atoms with Gasteiger partial charge in [0, 0.05) is 36.5 Å². The van der Waals surface area contributed by atoms with Crippen LogP contribution in [-0.4, -0.2) is 55.2 Å². The van der Waals surface area contributed by atoms with E-state index in [0.717, 1.165) is 56.4 Å². The Morgan fingerprint density at radius 3 is 2.72 bits per heavy atom. The lowest BCUT2D eigenvalue weighted by Gasteiger charge is -2.16. The van der Waals surface area contributed by atoms with Gasteiger partial charge in [0.2, 0.25) is 5.91 Å². The number of aryl methyl sites for hydroxylation is 1. The van der Waals surface area contributed by atoms with Crippen molar-refractivity contribution in [3.05, 3.63) is 53.6 Å². The molecule has 7 heteroatoms. The molecule has 192 valence electrons. The van der Waals surface area contributed by atoms with Crippen LogP contribution in [0.25, 0.3) is 22.3 Å². The minimum Gasteiger partial charge on any atom is -0.508 e. The molecule has 2 aromatic carbocycles. The summed E-state index contributed by atoms with van der Waals surface area (Å²) in [6.07, 6.45) is 5.23. The second kappa shape index (κ2) is 12.1. The van der Waals surface area contributed by atoms with Crippen LogP contribution in [0.3, 0.4) is 0 Å². The van der Waals surface area contributed by atoms with E-state index in [9.17, 15) is 14.7 Å². The van der Waals surface area contributed by atoms with E-state index in [1.807, 2.05) is 30.3 Å². The van der Waals surface area contributed by atoms with E-state index in [4.69, 9.17) is 9.15 Å². The van der Waals surface area contributed by atoms with Crippen molar-refractivity contribution in [1.82, 2.24) is 10.2 Å². The van der Waals surface area contributed by atoms with E-state index in [2.05, 4.69) is 10.2 Å². The summed E-state index contributed by atoms with van der Waals surface area (Å²) in [5.41, 5.74) is 2.47. The number of rotatable bonds is 11. The third-order valence-electron chi connectivity index (χ3n) is 7.02. The Bertz CT molecular complexity index is 1190. The molecule has 1 fully saturated rings. The Kier molecular flexibility index (Phi) is 8.65. The van der Waals surface area contributed by atoms with Crippen LogP contribution in [-0.2, 0) is 16.0 Å². The predicted octanol–water partition coefficient (Wildman–Crippen LogP) is 5.15. The lowest BCUT2D eigenvalue weighted by molar-refractivity contribution is -0.120. The molecule has 0 bridgehead atoms. The van der Waals surface area contributed by atoms with E-state index >= 15 is 0 Å². The quantitative estimate of drug-likeness (QED) is 0.360. The van der Waals surface area contributed by atoms with Crippen molar-refractivity contribution in [2.75, 3.05) is 33.3 Å². The molecule has 1 amide bonds. The predicted molar refractivity (Wildman–Crippen MR) is 140 cm³/mol. The molecule has 1 aromatic heterocycles. The lowest BCUT2D eigenvalue weighted by Crippen LogP contribution is -2.22. The Balaban J connectivity index is 1.49. The summed E-state index contributed by atoms with van der Waals surface area (Å²) in [7, 11) is 1.68. The molecule has 1 aliphatic heterocycles. The van der Waals surface area contributed by atoms with E-state index in [1.165, 1.54) is 0 Å². The average Bonchev–Trinajstić information content (AvgIpc) is 3.50. The fourth-order valence-corrected chi connectivity index (χ4v) is 5.20. The Morgan fingerprint density at radius 2 is 1.97 bits per heavy atom. The Hall–Kier alpha value is -3.32. The van der Waals surface area contributed by atoms with Crippen LogP contribution in [0.15, 0.2) is 46.9 Å². The zero-order valence-electron chi connectivity index (χ0n) is 21.2. The van der Waals surface area contributed by atoms with Gasteiger partial charge in [-0.2, -0.15) is 0 Å². The average molecular weight is 493 g/mol. The fourth-order valence-electron chi connectivity index (χ4n) is 5.20. The number of benzene rings is 2. The SMILES string of the molecule is CCOC(=O)c1c(-c2ccccc2)oc2ccc(O)c(CCCN3CCC(CCCC(=O)NC)C3)c12. The van der Waals surface area contributed by atoms with E-state index in [-0.39, 0.29) is 18.3 Å². The van der Waals surface area contributed by atoms with E-state index < -0.39 is 5.97 Å². The first-order chi connectivity index (χ1) is 17.5. The molecule has 7 nitrogen and oxygen atoms in total. The van der Waals surface area contributed by atoms with Gasteiger partial charge in [-0.15, -0.1) is 0 Å². The number of aromatic hydroxyl groups is 1. The maximum atomic E-state index is 13.0. The summed E-state index contributed by atoms with van der Waals surface area (Å²) in [6, 6.07) is 12.9. The molecule has 1 unspecified atom stereocenters. The van der Waals surface area contributed by atoms with Crippen LogP contribution in [0.2, 0.25) is 0 Å². The normalized spacial score (nSPS) is 15.9. The molecule has 1 atom stereocenters. The molecule has 2 N–H and O–H groups in total. The van der Waals surface area contributed by atoms with Crippen LogP contribution < -0.4 is 5.32 Å². The number of hydrogen-bond acceptors (Lipinski definition) is 6. The molecule has 1 aliphatic rings. The molecular weight excluding hydrogens is 456 g/mol. The van der Waals surface area contributed by atoms with E-state index in [1.54, 1.807) is 26.1 Å². The third-order valence-corrected chi connectivity index (χ3v) is 7.02. The summed E-state index contributed by atoms with van der Waals surface area (Å²) >= 11 is 0. The van der Waals surface area contributed by atoms with Gasteiger partial charge in [-0.1, -0.05) is 30.3 Å². The number of furan rings is 1. The van der Waals surface area contributed by atoms with Crippen LogP contribution >= 0.6 is 0 Å². The van der Waals surface area contributed by atoms with Gasteiger partial charge in [-0.05, 0) is 70.2 Å². The fraction of sp³-hybridized carbons (Fsp3) is 0.448. The van der Waals surface area contributed by atoms with Gasteiger partial charge >= 0.3 is 5.97 Å². The number of phenols is 1. The van der Waals surface area contributed by atoms with E-state index in [0.29, 0.717) is 41.1 Å². The second-order valence-electron chi connectivity index (χ2n) is 9.45. The third kappa shape index (κ3) is 5.90. The molecule has 4 rings (SSSR count). The van der Waals surface area contributed by atoms with Crippen molar-refractivity contribution >= 4 is 22.8 Å². The number of carbonyl (C=O) groups excluding carboxylic acids is 2. The monoisotopic (exact) mass is 492 g/mol. The minimum atomic E-state index is -0.443. The van der Waals surface area contributed by atoms with Crippen molar-refractivity contribution < 1.29 is 23.8 Å². The van der Waals surface area contributed by atoms with Crippen molar-refractivity contribution in [3.63, 3.8) is 0 Å². The van der Waals surface area contributed by atoms with Gasteiger partial charge < -0.3 is 24.5 Å². The van der Waals surface area contributed by atoms with Gasteiger partial charge in [0.25, 0.3) is 0 Å². The first-order valence-electron chi connectivity index (χ1n) is 12.9. The number of ether oxygens (including phenoxy) is 1. The van der Waals surface area contributed by atoms with Gasteiger partial charge in [0.1, 0.15) is 22.7 Å². The number of amides is 1. The number of fused-ring (bicyclic) bond motifs is 1. The summed E-state index contributed by atoms with van der Waals surface area (Å²) < 4.78 is 11.5. The molecule has 36 heavy (non-hydrogen) atoms. The molecular formula is C29H36N2O5. The van der Waals surface area contributed by atoms with Crippen molar-refractivity contribution in [2.45, 2.75) is 45.4 Å². The number of nitrogens with zero attached hydrogens (tertiary/aromatic N) is 1. The standard InChI is InChI=1S/C29H36N2O5/c1-3-35-29(34)27-26-22(12-8-17-31-18-16-20(19-31)9-7-13-25(33)30-2)23(32)14-15-24(26)36-28(27)21-10-5-4-6-11-21/h4-6,10-11,14-15,20,32H,3,7-9,12-13,16-19H2,1-2H3,(H,30,33). The Morgan fingerprint density at radius 1 is 1.17 bits per heavy atom. The number of esters is 1. The number of phenolic OH excluding ortho intramolecular Hbond substituents is 1. The first kappa shape index (κ1) is 25.8. The van der Waals surface area contributed by atoms with Crippen molar-refractivity contribution in [2.24, 2.45) is 5.92 Å².